The molecule has 1 aromatic carbocycles. The second-order valence-corrected chi connectivity index (χ2v) is 4.43. The first-order valence-electron chi connectivity index (χ1n) is 3.38. The Hall–Kier alpha value is -0.140. The molecular weight excluding hydrogens is 351 g/mol. The van der Waals surface area contributed by atoms with Crippen LogP contribution < -0.4 is 0 Å². The quantitative estimate of drug-likeness (QED) is 0.798. The summed E-state index contributed by atoms with van der Waals surface area (Å²) in [5, 5.41) is 17.7. The second kappa shape index (κ2) is 4.39. The summed E-state index contributed by atoms with van der Waals surface area (Å²) in [6.45, 7) is 0. The van der Waals surface area contributed by atoms with Crippen molar-refractivity contribution in [1.29, 1.82) is 0 Å². The summed E-state index contributed by atoms with van der Waals surface area (Å²) >= 11 is 5.36. The molecule has 0 aliphatic heterocycles. The maximum Gasteiger partial charge on any atom is 0.337 e. The van der Waals surface area contributed by atoms with Crippen LogP contribution in [0.5, 0.6) is 0 Å². The zero-order valence-electron chi connectivity index (χ0n) is 6.37. The third kappa shape index (κ3) is 2.65. The average molecular weight is 357 g/mol. The summed E-state index contributed by atoms with van der Waals surface area (Å²) in [7, 11) is 0. The molecule has 0 saturated heterocycles. The predicted octanol–water partition coefficient (Wildman–Crippen LogP) is 2.17. The van der Waals surface area contributed by atoms with E-state index < -0.39 is 12.1 Å². The third-order valence-electron chi connectivity index (χ3n) is 1.49. The van der Waals surface area contributed by atoms with Gasteiger partial charge in [-0.1, -0.05) is 6.07 Å². The van der Waals surface area contributed by atoms with Crippen molar-refractivity contribution in [3.05, 3.63) is 31.8 Å². The third-order valence-corrected chi connectivity index (χ3v) is 3.83. The average Bonchev–Trinajstić information content (AvgIpc) is 2.08. The molecule has 2 N–H and O–H groups in total. The minimum atomic E-state index is -1.45. The van der Waals surface area contributed by atoms with Crippen LogP contribution in [0, 0.1) is 3.57 Å². The minimum Gasteiger partial charge on any atom is -0.479 e. The van der Waals surface area contributed by atoms with E-state index in [4.69, 9.17) is 5.11 Å². The van der Waals surface area contributed by atoms with E-state index in [1.807, 2.05) is 0 Å². The van der Waals surface area contributed by atoms with Crippen molar-refractivity contribution in [1.82, 2.24) is 0 Å². The van der Waals surface area contributed by atoms with Crippen molar-refractivity contribution in [2.45, 2.75) is 6.10 Å². The van der Waals surface area contributed by atoms with Crippen LogP contribution in [0.3, 0.4) is 0 Å². The molecule has 0 amide bonds. The highest BCUT2D eigenvalue weighted by atomic mass is 127. The van der Waals surface area contributed by atoms with Crippen LogP contribution in [0.2, 0.25) is 0 Å². The minimum absolute atomic E-state index is 0.375. The SMILES string of the molecule is O=C(O)C(O)c1ccc(I)c(Br)c1. The van der Waals surface area contributed by atoms with Crippen LogP contribution in [0.25, 0.3) is 0 Å². The summed E-state index contributed by atoms with van der Waals surface area (Å²) in [5.41, 5.74) is 0.375. The van der Waals surface area contributed by atoms with E-state index in [1.165, 1.54) is 0 Å². The van der Waals surface area contributed by atoms with E-state index in [2.05, 4.69) is 38.5 Å². The van der Waals surface area contributed by atoms with E-state index in [9.17, 15) is 9.90 Å². The van der Waals surface area contributed by atoms with Crippen molar-refractivity contribution in [3.8, 4) is 0 Å². The van der Waals surface area contributed by atoms with Gasteiger partial charge >= 0.3 is 5.97 Å². The number of carboxylic acid groups (broad SMARTS) is 1. The Morgan fingerprint density at radius 3 is 2.62 bits per heavy atom. The molecule has 1 unspecified atom stereocenters. The molecule has 0 aromatic heterocycles. The number of benzene rings is 1. The maximum atomic E-state index is 10.4. The van der Waals surface area contributed by atoms with E-state index in [-0.39, 0.29) is 0 Å². The molecule has 0 saturated carbocycles. The van der Waals surface area contributed by atoms with Gasteiger partial charge in [0, 0.05) is 8.04 Å². The van der Waals surface area contributed by atoms with Gasteiger partial charge in [-0.25, -0.2) is 4.79 Å². The van der Waals surface area contributed by atoms with Crippen LogP contribution in [-0.4, -0.2) is 16.2 Å². The van der Waals surface area contributed by atoms with Gasteiger partial charge in [0.15, 0.2) is 6.10 Å². The maximum absolute atomic E-state index is 10.4. The molecule has 13 heavy (non-hydrogen) atoms. The van der Waals surface area contributed by atoms with Crippen molar-refractivity contribution in [2.24, 2.45) is 0 Å². The Bertz CT molecular complexity index is 340. The molecule has 5 heteroatoms. The second-order valence-electron chi connectivity index (χ2n) is 2.41. The highest BCUT2D eigenvalue weighted by Gasteiger charge is 2.16. The Morgan fingerprint density at radius 1 is 1.54 bits per heavy atom. The molecule has 70 valence electrons. The first-order chi connectivity index (χ1) is 6.02. The highest BCUT2D eigenvalue weighted by molar-refractivity contribution is 14.1. The standard InChI is InChI=1S/C8H6BrIO3/c9-5-3-4(1-2-6(5)10)7(11)8(12)13/h1-3,7,11H,(H,12,13). The van der Waals surface area contributed by atoms with E-state index in [0.717, 1.165) is 8.04 Å². The smallest absolute Gasteiger partial charge is 0.337 e. The van der Waals surface area contributed by atoms with Gasteiger partial charge in [0.2, 0.25) is 0 Å². The predicted molar refractivity (Wildman–Crippen MR) is 59.5 cm³/mol. The molecule has 0 aliphatic rings. The molecule has 1 atom stereocenters. The van der Waals surface area contributed by atoms with Crippen LogP contribution >= 0.6 is 38.5 Å². The fourth-order valence-electron chi connectivity index (χ4n) is 0.825. The Morgan fingerprint density at radius 2 is 2.15 bits per heavy atom. The van der Waals surface area contributed by atoms with Gasteiger partial charge in [0.25, 0.3) is 0 Å². The van der Waals surface area contributed by atoms with E-state index in [1.54, 1.807) is 18.2 Å². The Kier molecular flexibility index (Phi) is 3.69. The number of carbonyl (C=O) groups is 1. The summed E-state index contributed by atoms with van der Waals surface area (Å²) in [6.07, 6.45) is -1.45. The van der Waals surface area contributed by atoms with Crippen molar-refractivity contribution in [2.75, 3.05) is 0 Å². The lowest BCUT2D eigenvalue weighted by molar-refractivity contribution is -0.146. The molecular formula is C8H6BrIO3. The summed E-state index contributed by atoms with van der Waals surface area (Å²) < 4.78 is 1.75. The van der Waals surface area contributed by atoms with Crippen LogP contribution in [-0.2, 0) is 4.79 Å². The first kappa shape index (κ1) is 10.9. The zero-order chi connectivity index (χ0) is 10.0. The van der Waals surface area contributed by atoms with Crippen LogP contribution in [0.15, 0.2) is 22.7 Å². The lowest BCUT2D eigenvalue weighted by Crippen LogP contribution is -2.10. The van der Waals surface area contributed by atoms with Gasteiger partial charge in [-0.05, 0) is 56.2 Å². The van der Waals surface area contributed by atoms with Crippen LogP contribution in [0.1, 0.15) is 11.7 Å². The van der Waals surface area contributed by atoms with Gasteiger partial charge in [0.1, 0.15) is 0 Å². The molecule has 0 radical (unpaired) electrons. The van der Waals surface area contributed by atoms with E-state index >= 15 is 0 Å². The van der Waals surface area contributed by atoms with Gasteiger partial charge in [0.05, 0.1) is 0 Å². The Labute approximate surface area is 97.0 Å². The normalized spacial score (nSPS) is 12.5. The fourth-order valence-corrected chi connectivity index (χ4v) is 1.56. The number of aliphatic carboxylic acids is 1. The molecule has 0 spiro atoms. The molecule has 0 fully saturated rings. The van der Waals surface area contributed by atoms with Crippen LogP contribution in [0.4, 0.5) is 0 Å². The highest BCUT2D eigenvalue weighted by Crippen LogP contribution is 2.23. The Balaban J connectivity index is 3.03. The van der Waals surface area contributed by atoms with Crippen molar-refractivity contribution < 1.29 is 15.0 Å². The summed E-state index contributed by atoms with van der Waals surface area (Å²) in [6, 6.07) is 4.93. The largest absolute Gasteiger partial charge is 0.479 e. The van der Waals surface area contributed by atoms with Crippen molar-refractivity contribution in [3.63, 3.8) is 0 Å². The summed E-state index contributed by atoms with van der Waals surface area (Å²) in [4.78, 5) is 10.4. The monoisotopic (exact) mass is 356 g/mol. The number of hydrogen-bond acceptors (Lipinski definition) is 2. The number of aliphatic hydroxyl groups is 1. The molecule has 0 bridgehead atoms. The fraction of sp³-hybridized carbons (Fsp3) is 0.125. The number of hydrogen-bond donors (Lipinski definition) is 2. The summed E-state index contributed by atoms with van der Waals surface area (Å²) in [5.74, 6) is -1.24. The molecule has 0 aliphatic carbocycles. The topological polar surface area (TPSA) is 57.5 Å². The molecule has 3 nitrogen and oxygen atoms in total. The number of carboxylic acids is 1. The molecule has 1 rings (SSSR count). The lowest BCUT2D eigenvalue weighted by Gasteiger charge is -2.06. The van der Waals surface area contributed by atoms with Gasteiger partial charge in [-0.15, -0.1) is 0 Å². The molecule has 1 aromatic rings. The van der Waals surface area contributed by atoms with Crippen molar-refractivity contribution >= 4 is 44.5 Å². The van der Waals surface area contributed by atoms with Gasteiger partial charge in [-0.3, -0.25) is 0 Å². The number of rotatable bonds is 2. The lowest BCUT2D eigenvalue weighted by atomic mass is 10.1. The van der Waals surface area contributed by atoms with Gasteiger partial charge in [-0.2, -0.15) is 0 Å². The first-order valence-corrected chi connectivity index (χ1v) is 5.25. The number of halogens is 2. The number of aliphatic hydroxyl groups excluding tert-OH is 1. The molecule has 0 heterocycles. The van der Waals surface area contributed by atoms with E-state index in [0.29, 0.717) is 5.56 Å². The van der Waals surface area contributed by atoms with Gasteiger partial charge < -0.3 is 10.2 Å². The zero-order valence-corrected chi connectivity index (χ0v) is 10.1.